The van der Waals surface area contributed by atoms with Crippen LogP contribution in [0.1, 0.15) is 25.7 Å². The number of aryl methyl sites for hydroxylation is 1. The lowest BCUT2D eigenvalue weighted by molar-refractivity contribution is 0.360. The Bertz CT molecular complexity index is 520. The third-order valence-electron chi connectivity index (χ3n) is 3.33. The van der Waals surface area contributed by atoms with Crippen LogP contribution >= 0.6 is 27.5 Å². The predicted molar refractivity (Wildman–Crippen MR) is 75.5 cm³/mol. The zero-order valence-corrected chi connectivity index (χ0v) is 13.7. The molecule has 6 nitrogen and oxygen atoms in total. The first-order chi connectivity index (χ1) is 8.90. The lowest BCUT2D eigenvalue weighted by Gasteiger charge is -2.24. The van der Waals surface area contributed by atoms with Gasteiger partial charge in [0.05, 0.1) is 0 Å². The summed E-state index contributed by atoms with van der Waals surface area (Å²) in [5.74, 6) is 0.352. The van der Waals surface area contributed by atoms with Crippen molar-refractivity contribution in [2.24, 2.45) is 13.0 Å². The van der Waals surface area contributed by atoms with Crippen LogP contribution in [-0.4, -0.2) is 35.3 Å². The maximum Gasteiger partial charge on any atom is 0.260 e. The zero-order valence-electron chi connectivity index (χ0n) is 10.5. The molecule has 0 aliphatic heterocycles. The lowest BCUT2D eigenvalue weighted by atomic mass is 9.89. The SMILES string of the molecule is Cn1nnc(Br)c1S(=O)(=O)NCC1CCC(Cl)CC1. The molecule has 1 aromatic rings. The van der Waals surface area contributed by atoms with E-state index in [0.717, 1.165) is 25.7 Å². The third kappa shape index (κ3) is 3.68. The quantitative estimate of drug-likeness (QED) is 0.817. The molecule has 2 rings (SSSR count). The molecule has 1 N–H and O–H groups in total. The molecular weight excluding hydrogens is 356 g/mol. The van der Waals surface area contributed by atoms with Gasteiger partial charge in [0.2, 0.25) is 5.03 Å². The predicted octanol–water partition coefficient (Wildman–Crippen LogP) is 1.65. The van der Waals surface area contributed by atoms with Crippen LogP contribution in [0.15, 0.2) is 9.63 Å². The number of nitrogens with zero attached hydrogens (tertiary/aromatic N) is 3. The van der Waals surface area contributed by atoms with E-state index in [1.807, 2.05) is 0 Å². The second-order valence-electron chi connectivity index (χ2n) is 4.78. The van der Waals surface area contributed by atoms with Crippen molar-refractivity contribution >= 4 is 37.6 Å². The molecule has 19 heavy (non-hydrogen) atoms. The normalized spacial score (nSPS) is 24.6. The molecule has 1 aliphatic rings. The topological polar surface area (TPSA) is 76.9 Å². The molecule has 1 saturated carbocycles. The highest BCUT2D eigenvalue weighted by Gasteiger charge is 2.26. The number of alkyl halides is 1. The van der Waals surface area contributed by atoms with E-state index in [1.165, 1.54) is 4.68 Å². The van der Waals surface area contributed by atoms with Crippen molar-refractivity contribution in [2.45, 2.75) is 36.1 Å². The van der Waals surface area contributed by atoms with Crippen molar-refractivity contribution in [1.82, 2.24) is 19.7 Å². The molecule has 1 heterocycles. The number of hydrogen-bond acceptors (Lipinski definition) is 4. The third-order valence-corrected chi connectivity index (χ3v) is 6.08. The second kappa shape index (κ2) is 6.07. The number of rotatable bonds is 4. The highest BCUT2D eigenvalue weighted by Crippen LogP contribution is 2.27. The summed E-state index contributed by atoms with van der Waals surface area (Å²) in [6.07, 6.45) is 3.82. The summed E-state index contributed by atoms with van der Waals surface area (Å²) in [6.45, 7) is 0.434. The van der Waals surface area contributed by atoms with Crippen molar-refractivity contribution in [3.8, 4) is 0 Å². The van der Waals surface area contributed by atoms with Gasteiger partial charge in [0.15, 0.2) is 4.60 Å². The van der Waals surface area contributed by atoms with Gasteiger partial charge in [0, 0.05) is 19.0 Å². The second-order valence-corrected chi connectivity index (χ2v) is 7.83. The summed E-state index contributed by atoms with van der Waals surface area (Å²) in [7, 11) is -2.04. The van der Waals surface area contributed by atoms with Gasteiger partial charge in [-0.25, -0.2) is 17.8 Å². The van der Waals surface area contributed by atoms with Gasteiger partial charge in [-0.3, -0.25) is 0 Å². The monoisotopic (exact) mass is 370 g/mol. The van der Waals surface area contributed by atoms with Gasteiger partial charge in [-0.1, -0.05) is 5.21 Å². The van der Waals surface area contributed by atoms with E-state index >= 15 is 0 Å². The Morgan fingerprint density at radius 2 is 2.05 bits per heavy atom. The van der Waals surface area contributed by atoms with Gasteiger partial charge in [-0.05, 0) is 47.5 Å². The van der Waals surface area contributed by atoms with Gasteiger partial charge in [-0.15, -0.1) is 16.7 Å². The average Bonchev–Trinajstić information content (AvgIpc) is 2.69. The van der Waals surface area contributed by atoms with E-state index in [0.29, 0.717) is 12.5 Å². The van der Waals surface area contributed by atoms with Crippen LogP contribution in [0.3, 0.4) is 0 Å². The summed E-state index contributed by atoms with van der Waals surface area (Å²) in [4.78, 5) is 0. The average molecular weight is 372 g/mol. The summed E-state index contributed by atoms with van der Waals surface area (Å²) in [5.41, 5.74) is 0. The molecule has 0 spiro atoms. The Kier molecular flexibility index (Phi) is 4.86. The molecule has 9 heteroatoms. The summed E-state index contributed by atoms with van der Waals surface area (Å²) in [5, 5.41) is 7.64. The van der Waals surface area contributed by atoms with Crippen molar-refractivity contribution in [3.05, 3.63) is 4.60 Å². The largest absolute Gasteiger partial charge is 0.260 e. The molecule has 0 bridgehead atoms. The number of halogens is 2. The molecule has 1 aliphatic carbocycles. The molecule has 0 amide bonds. The Morgan fingerprint density at radius 1 is 1.42 bits per heavy atom. The molecule has 0 aromatic carbocycles. The van der Waals surface area contributed by atoms with Crippen LogP contribution < -0.4 is 4.72 Å². The van der Waals surface area contributed by atoms with Crippen molar-refractivity contribution in [3.63, 3.8) is 0 Å². The summed E-state index contributed by atoms with van der Waals surface area (Å²) >= 11 is 9.13. The lowest BCUT2D eigenvalue weighted by Crippen LogP contribution is -2.32. The Morgan fingerprint density at radius 3 is 2.58 bits per heavy atom. The van der Waals surface area contributed by atoms with Crippen LogP contribution in [-0.2, 0) is 17.1 Å². The summed E-state index contributed by atoms with van der Waals surface area (Å²) < 4.78 is 28.4. The molecule has 0 saturated heterocycles. The Labute approximate surface area is 126 Å². The van der Waals surface area contributed by atoms with Gasteiger partial charge in [0.25, 0.3) is 10.0 Å². The fourth-order valence-electron chi connectivity index (χ4n) is 2.23. The van der Waals surface area contributed by atoms with Crippen molar-refractivity contribution in [2.75, 3.05) is 6.54 Å². The van der Waals surface area contributed by atoms with Crippen molar-refractivity contribution in [1.29, 1.82) is 0 Å². The van der Waals surface area contributed by atoms with Crippen LogP contribution in [0.25, 0.3) is 0 Å². The Balaban J connectivity index is 1.99. The molecule has 0 radical (unpaired) electrons. The molecule has 0 unspecified atom stereocenters. The van der Waals surface area contributed by atoms with Gasteiger partial charge in [0.1, 0.15) is 0 Å². The fraction of sp³-hybridized carbons (Fsp3) is 0.800. The van der Waals surface area contributed by atoms with Crippen molar-refractivity contribution < 1.29 is 8.42 Å². The Hall–Kier alpha value is -0.180. The molecule has 1 fully saturated rings. The molecular formula is C10H16BrClN4O2S. The molecule has 108 valence electrons. The smallest absolute Gasteiger partial charge is 0.235 e. The van der Waals surface area contributed by atoms with Crippen LogP contribution in [0.5, 0.6) is 0 Å². The van der Waals surface area contributed by atoms with Gasteiger partial charge < -0.3 is 0 Å². The maximum absolute atomic E-state index is 12.2. The highest BCUT2D eigenvalue weighted by molar-refractivity contribution is 9.10. The number of hydrogen-bond donors (Lipinski definition) is 1. The van der Waals surface area contributed by atoms with E-state index in [2.05, 4.69) is 31.0 Å². The number of aromatic nitrogens is 3. The number of sulfonamides is 1. The minimum Gasteiger partial charge on any atom is -0.235 e. The molecule has 1 aromatic heterocycles. The van der Waals surface area contributed by atoms with Gasteiger partial charge >= 0.3 is 0 Å². The van der Waals surface area contributed by atoms with E-state index in [-0.39, 0.29) is 15.0 Å². The first kappa shape index (κ1) is 15.2. The minimum absolute atomic E-state index is 0.0542. The first-order valence-electron chi connectivity index (χ1n) is 6.09. The van der Waals surface area contributed by atoms with Gasteiger partial charge in [-0.2, -0.15) is 0 Å². The minimum atomic E-state index is -3.58. The van der Waals surface area contributed by atoms with E-state index in [1.54, 1.807) is 7.05 Å². The van der Waals surface area contributed by atoms with E-state index < -0.39 is 10.0 Å². The van der Waals surface area contributed by atoms with Crippen LogP contribution in [0.4, 0.5) is 0 Å². The van der Waals surface area contributed by atoms with Crippen LogP contribution in [0.2, 0.25) is 0 Å². The standard InChI is InChI=1S/C10H16BrClN4O2S/c1-16-10(9(11)14-15-16)19(17,18)13-6-7-2-4-8(12)5-3-7/h7-8,13H,2-6H2,1H3. The van der Waals surface area contributed by atoms with E-state index in [4.69, 9.17) is 11.6 Å². The summed E-state index contributed by atoms with van der Waals surface area (Å²) in [6, 6.07) is 0. The van der Waals surface area contributed by atoms with Crippen LogP contribution in [0, 0.1) is 5.92 Å². The number of nitrogens with one attached hydrogen (secondary N) is 1. The highest BCUT2D eigenvalue weighted by atomic mass is 79.9. The van der Waals surface area contributed by atoms with E-state index in [9.17, 15) is 8.42 Å². The first-order valence-corrected chi connectivity index (χ1v) is 8.80. The fourth-order valence-corrected chi connectivity index (χ4v) is 4.69. The zero-order chi connectivity index (χ0) is 14.0. The maximum atomic E-state index is 12.2. The molecule has 0 atom stereocenters.